The Hall–Kier alpha value is -2.16. The van der Waals surface area contributed by atoms with Crippen molar-refractivity contribution in [3.8, 4) is 0 Å². The predicted octanol–water partition coefficient (Wildman–Crippen LogP) is 4.72. The van der Waals surface area contributed by atoms with Crippen molar-refractivity contribution in [2.75, 3.05) is 26.0 Å². The molecule has 4 rings (SSSR count). The zero-order valence-corrected chi connectivity index (χ0v) is 21.4. The van der Waals surface area contributed by atoms with E-state index < -0.39 is 0 Å². The summed E-state index contributed by atoms with van der Waals surface area (Å²) in [7, 11) is 4.07. The first kappa shape index (κ1) is 24.0. The summed E-state index contributed by atoms with van der Waals surface area (Å²) >= 11 is 3.03. The molecule has 2 heterocycles. The molecule has 0 fully saturated rings. The van der Waals surface area contributed by atoms with Crippen molar-refractivity contribution in [1.82, 2.24) is 14.5 Å². The second kappa shape index (κ2) is 10.4. The first-order valence-corrected chi connectivity index (χ1v) is 13.3. The summed E-state index contributed by atoms with van der Waals surface area (Å²) in [6.45, 7) is 5.37. The summed E-state index contributed by atoms with van der Waals surface area (Å²) in [5, 5.41) is 4.04. The summed E-state index contributed by atoms with van der Waals surface area (Å²) in [6.07, 6.45) is 5.16. The number of aromatic nitrogens is 2. The largest absolute Gasteiger partial charge is 0.325 e. The molecule has 1 unspecified atom stereocenters. The van der Waals surface area contributed by atoms with E-state index in [1.807, 2.05) is 52.2 Å². The Morgan fingerprint density at radius 2 is 1.97 bits per heavy atom. The Kier molecular flexibility index (Phi) is 7.56. The van der Waals surface area contributed by atoms with Gasteiger partial charge >= 0.3 is 0 Å². The number of aryl methyl sites for hydroxylation is 3. The second-order valence-electron chi connectivity index (χ2n) is 9.01. The summed E-state index contributed by atoms with van der Waals surface area (Å²) in [5.74, 6) is -0.0940. The van der Waals surface area contributed by atoms with Crippen LogP contribution in [0, 0.1) is 6.92 Å². The molecular formula is C25H32N4O2S2. The molecular weight excluding hydrogens is 452 g/mol. The quantitative estimate of drug-likeness (QED) is 0.370. The lowest BCUT2D eigenvalue weighted by Gasteiger charge is -2.17. The maximum atomic E-state index is 13.6. The van der Waals surface area contributed by atoms with Crippen molar-refractivity contribution in [3.63, 3.8) is 0 Å². The Morgan fingerprint density at radius 1 is 1.24 bits per heavy atom. The van der Waals surface area contributed by atoms with Crippen molar-refractivity contribution < 1.29 is 4.79 Å². The number of benzene rings is 1. The molecule has 3 aromatic rings. The lowest BCUT2D eigenvalue weighted by molar-refractivity contribution is -0.115. The molecule has 0 radical (unpaired) electrons. The summed E-state index contributed by atoms with van der Waals surface area (Å²) < 4.78 is 1.80. The first-order chi connectivity index (χ1) is 15.8. The molecule has 6 nitrogen and oxygen atoms in total. The Morgan fingerprint density at radius 3 is 2.70 bits per heavy atom. The number of anilines is 1. The van der Waals surface area contributed by atoms with Crippen molar-refractivity contribution >= 4 is 44.9 Å². The molecule has 0 saturated carbocycles. The number of carbonyl (C=O) groups is 1. The van der Waals surface area contributed by atoms with Crippen LogP contribution in [0.3, 0.4) is 0 Å². The van der Waals surface area contributed by atoms with Crippen LogP contribution in [0.15, 0.2) is 34.2 Å². The van der Waals surface area contributed by atoms with Crippen molar-refractivity contribution in [1.29, 1.82) is 0 Å². The van der Waals surface area contributed by atoms with Crippen molar-refractivity contribution in [2.45, 2.75) is 62.9 Å². The van der Waals surface area contributed by atoms with Gasteiger partial charge in [-0.25, -0.2) is 4.98 Å². The van der Waals surface area contributed by atoms with E-state index in [1.165, 1.54) is 28.6 Å². The molecule has 1 atom stereocenters. The van der Waals surface area contributed by atoms with Crippen LogP contribution in [0.25, 0.3) is 10.2 Å². The molecule has 2 aromatic heterocycles. The lowest BCUT2D eigenvalue weighted by Crippen LogP contribution is -2.28. The molecule has 1 amide bonds. The highest BCUT2D eigenvalue weighted by Gasteiger charge is 2.24. The monoisotopic (exact) mass is 484 g/mol. The topological polar surface area (TPSA) is 67.2 Å². The molecule has 0 aliphatic heterocycles. The number of amides is 1. The standard InChI is InChI=1S/C25H32N4O2S2/c1-16-10-12-18(13-11-16)26-22(30)17(2)32-25-27-23-21(19-8-5-6-9-20(19)33-23)24(31)29(25)15-7-14-28(3)4/h10-13,17H,5-9,14-15H2,1-4H3,(H,26,30). The number of fused-ring (bicyclic) bond motifs is 3. The number of hydrogen-bond donors (Lipinski definition) is 1. The minimum Gasteiger partial charge on any atom is -0.325 e. The zero-order valence-electron chi connectivity index (χ0n) is 19.8. The van der Waals surface area contributed by atoms with E-state index in [1.54, 1.807) is 15.9 Å². The minimum atomic E-state index is -0.384. The van der Waals surface area contributed by atoms with Crippen LogP contribution in [0.5, 0.6) is 0 Å². The maximum Gasteiger partial charge on any atom is 0.263 e. The summed E-state index contributed by atoms with van der Waals surface area (Å²) in [4.78, 5) is 35.7. The average Bonchev–Trinajstić information content (AvgIpc) is 3.15. The van der Waals surface area contributed by atoms with E-state index in [0.717, 1.165) is 53.7 Å². The van der Waals surface area contributed by atoms with Gasteiger partial charge in [-0.05, 0) is 84.3 Å². The van der Waals surface area contributed by atoms with Crippen molar-refractivity contribution in [2.24, 2.45) is 0 Å². The molecule has 0 spiro atoms. The van der Waals surface area contributed by atoms with E-state index in [9.17, 15) is 9.59 Å². The number of carbonyl (C=O) groups excluding carboxylic acids is 1. The number of nitrogens with zero attached hydrogens (tertiary/aromatic N) is 3. The van der Waals surface area contributed by atoms with Gasteiger partial charge < -0.3 is 10.2 Å². The van der Waals surface area contributed by atoms with Gasteiger partial charge in [0.15, 0.2) is 5.16 Å². The van der Waals surface area contributed by atoms with Gasteiger partial charge in [-0.2, -0.15) is 0 Å². The smallest absolute Gasteiger partial charge is 0.263 e. The SMILES string of the molecule is Cc1ccc(NC(=O)C(C)Sc2nc3sc4c(c3c(=O)n2CCCN(C)C)CCCC4)cc1. The third-order valence-electron chi connectivity index (χ3n) is 6.00. The van der Waals surface area contributed by atoms with E-state index in [2.05, 4.69) is 10.2 Å². The fourth-order valence-electron chi connectivity index (χ4n) is 4.14. The number of hydrogen-bond acceptors (Lipinski definition) is 6. The van der Waals surface area contributed by atoms with Gasteiger partial charge in [-0.15, -0.1) is 11.3 Å². The normalized spacial score (nSPS) is 14.5. The zero-order chi connectivity index (χ0) is 23.5. The first-order valence-electron chi connectivity index (χ1n) is 11.6. The Labute approximate surface area is 203 Å². The molecule has 33 heavy (non-hydrogen) atoms. The van der Waals surface area contributed by atoms with Crippen LogP contribution in [0.4, 0.5) is 5.69 Å². The highest BCUT2D eigenvalue weighted by Crippen LogP contribution is 2.35. The molecule has 1 aromatic carbocycles. The Bertz CT molecular complexity index is 1200. The van der Waals surface area contributed by atoms with Gasteiger partial charge in [0.1, 0.15) is 4.83 Å². The maximum absolute atomic E-state index is 13.6. The molecule has 8 heteroatoms. The molecule has 1 aliphatic carbocycles. The number of thioether (sulfide) groups is 1. The number of rotatable bonds is 8. The average molecular weight is 485 g/mol. The summed E-state index contributed by atoms with van der Waals surface area (Å²) in [6, 6.07) is 7.76. The third-order valence-corrected chi connectivity index (χ3v) is 8.27. The van der Waals surface area contributed by atoms with Gasteiger partial charge in [0.05, 0.1) is 10.6 Å². The van der Waals surface area contributed by atoms with Crippen LogP contribution < -0.4 is 10.9 Å². The number of nitrogens with one attached hydrogen (secondary N) is 1. The third kappa shape index (κ3) is 5.50. The predicted molar refractivity (Wildman–Crippen MR) is 139 cm³/mol. The van der Waals surface area contributed by atoms with E-state index in [0.29, 0.717) is 11.7 Å². The number of thiophene rings is 1. The Balaban J connectivity index is 1.63. The van der Waals surface area contributed by atoms with Crippen LogP contribution in [-0.4, -0.2) is 46.2 Å². The molecule has 1 N–H and O–H groups in total. The van der Waals surface area contributed by atoms with E-state index >= 15 is 0 Å². The fourth-order valence-corrected chi connectivity index (χ4v) is 6.38. The van der Waals surface area contributed by atoms with E-state index in [-0.39, 0.29) is 16.7 Å². The van der Waals surface area contributed by atoms with Gasteiger partial charge in [0, 0.05) is 17.1 Å². The highest BCUT2D eigenvalue weighted by atomic mass is 32.2. The molecule has 1 aliphatic rings. The molecule has 0 bridgehead atoms. The van der Waals surface area contributed by atoms with Crippen LogP contribution in [-0.2, 0) is 24.2 Å². The van der Waals surface area contributed by atoms with Gasteiger partial charge in [0.2, 0.25) is 5.91 Å². The van der Waals surface area contributed by atoms with Crippen LogP contribution in [0.2, 0.25) is 0 Å². The van der Waals surface area contributed by atoms with E-state index in [4.69, 9.17) is 4.98 Å². The molecule has 0 saturated heterocycles. The highest BCUT2D eigenvalue weighted by molar-refractivity contribution is 8.00. The molecule has 176 valence electrons. The van der Waals surface area contributed by atoms with Gasteiger partial charge in [-0.3, -0.25) is 14.2 Å². The second-order valence-corrected chi connectivity index (χ2v) is 11.4. The summed E-state index contributed by atoms with van der Waals surface area (Å²) in [5.41, 5.74) is 3.18. The lowest BCUT2D eigenvalue weighted by atomic mass is 9.97. The minimum absolute atomic E-state index is 0.0480. The van der Waals surface area contributed by atoms with Crippen molar-refractivity contribution in [3.05, 3.63) is 50.6 Å². The van der Waals surface area contributed by atoms with Gasteiger partial charge in [-0.1, -0.05) is 29.5 Å². The van der Waals surface area contributed by atoms with Crippen LogP contribution in [0.1, 0.15) is 42.2 Å². The fraction of sp³-hybridized carbons (Fsp3) is 0.480. The van der Waals surface area contributed by atoms with Gasteiger partial charge in [0.25, 0.3) is 5.56 Å². The van der Waals surface area contributed by atoms with Crippen LogP contribution >= 0.6 is 23.1 Å².